The van der Waals surface area contributed by atoms with E-state index in [1.807, 2.05) is 39.8 Å². The van der Waals surface area contributed by atoms with E-state index in [-0.39, 0.29) is 33.3 Å². The van der Waals surface area contributed by atoms with Crippen LogP contribution < -0.4 is 15.4 Å². The molecule has 2 unspecified atom stereocenters. The van der Waals surface area contributed by atoms with Crippen molar-refractivity contribution in [2.75, 3.05) is 17.2 Å². The number of nitrogens with two attached hydrogens (primary N) is 1. The molecule has 0 bridgehead atoms. The minimum absolute atomic E-state index is 0.0431. The summed E-state index contributed by atoms with van der Waals surface area (Å²) in [5.41, 5.74) is 5.85. The van der Waals surface area contributed by atoms with Crippen molar-refractivity contribution in [1.82, 2.24) is 14.7 Å². The number of anilines is 2. The van der Waals surface area contributed by atoms with Gasteiger partial charge in [0.15, 0.2) is 5.03 Å². The fourth-order valence-electron chi connectivity index (χ4n) is 6.31. The first-order valence-electron chi connectivity index (χ1n) is 14.2. The molecule has 0 aliphatic carbocycles. The first-order chi connectivity index (χ1) is 18.6. The maximum absolute atomic E-state index is 14.0. The van der Waals surface area contributed by atoms with Crippen molar-refractivity contribution < 1.29 is 17.9 Å². The van der Waals surface area contributed by atoms with Crippen LogP contribution in [0.1, 0.15) is 103 Å². The Labute approximate surface area is 245 Å². The molecule has 2 aromatic rings. The van der Waals surface area contributed by atoms with Crippen molar-refractivity contribution in [1.29, 1.82) is 0 Å². The molecule has 41 heavy (non-hydrogen) atoms. The SMILES string of the molecule is CC1CN(c2nc(C(C)(C)C)c(C3C=CC(C)(C)OC3(C)C)cc2C(=O)NS(=O)(=O)c2cccc(N)n2)C(C)(C)C1. The van der Waals surface area contributed by atoms with Crippen LogP contribution >= 0.6 is 0 Å². The average molecular weight is 584 g/mol. The molecule has 2 atom stereocenters. The first kappa shape index (κ1) is 31.0. The van der Waals surface area contributed by atoms with E-state index in [0.717, 1.165) is 17.7 Å². The predicted octanol–water partition coefficient (Wildman–Crippen LogP) is 5.33. The van der Waals surface area contributed by atoms with E-state index in [1.54, 1.807) is 0 Å². The lowest BCUT2D eigenvalue weighted by Crippen LogP contribution is -2.45. The van der Waals surface area contributed by atoms with E-state index < -0.39 is 27.1 Å². The van der Waals surface area contributed by atoms with Crippen molar-refractivity contribution in [3.8, 4) is 0 Å². The molecule has 0 saturated carbocycles. The number of carbonyl (C=O) groups excluding carboxylic acids is 1. The van der Waals surface area contributed by atoms with Crippen LogP contribution in [-0.2, 0) is 20.2 Å². The van der Waals surface area contributed by atoms with Gasteiger partial charge in [-0.3, -0.25) is 4.79 Å². The van der Waals surface area contributed by atoms with Crippen LogP contribution in [0.2, 0.25) is 0 Å². The van der Waals surface area contributed by atoms with Gasteiger partial charge in [-0.15, -0.1) is 0 Å². The minimum Gasteiger partial charge on any atom is -0.384 e. The number of nitrogens with zero attached hydrogens (tertiary/aromatic N) is 3. The Hall–Kier alpha value is -2.98. The Morgan fingerprint density at radius 1 is 1.12 bits per heavy atom. The van der Waals surface area contributed by atoms with E-state index in [0.29, 0.717) is 18.3 Å². The lowest BCUT2D eigenvalue weighted by Gasteiger charge is -2.44. The van der Waals surface area contributed by atoms with Crippen molar-refractivity contribution in [2.24, 2.45) is 5.92 Å². The Morgan fingerprint density at radius 3 is 2.32 bits per heavy atom. The van der Waals surface area contributed by atoms with Gasteiger partial charge < -0.3 is 15.4 Å². The van der Waals surface area contributed by atoms with Gasteiger partial charge >= 0.3 is 0 Å². The van der Waals surface area contributed by atoms with E-state index in [1.165, 1.54) is 18.2 Å². The highest BCUT2D eigenvalue weighted by molar-refractivity contribution is 7.90. The Morgan fingerprint density at radius 2 is 1.78 bits per heavy atom. The van der Waals surface area contributed by atoms with Crippen LogP contribution in [-0.4, -0.2) is 47.6 Å². The summed E-state index contributed by atoms with van der Waals surface area (Å²) < 4.78 is 35.2. The highest BCUT2D eigenvalue weighted by atomic mass is 32.2. The topological polar surface area (TPSA) is 128 Å². The normalized spacial score (nSPS) is 23.4. The number of pyridine rings is 2. The fraction of sp³-hybridized carbons (Fsp3) is 0.581. The monoisotopic (exact) mass is 583 g/mol. The fourth-order valence-corrected chi connectivity index (χ4v) is 7.25. The molecular formula is C31H45N5O4S. The molecule has 10 heteroatoms. The number of hydrogen-bond acceptors (Lipinski definition) is 8. The molecule has 0 aromatic carbocycles. The smallest absolute Gasteiger partial charge is 0.281 e. The second-order valence-corrected chi connectivity index (χ2v) is 15.9. The number of sulfonamides is 1. The number of rotatable bonds is 5. The molecule has 9 nitrogen and oxygen atoms in total. The van der Waals surface area contributed by atoms with Crippen molar-refractivity contribution in [2.45, 2.75) is 109 Å². The van der Waals surface area contributed by atoms with Gasteiger partial charge in [0.1, 0.15) is 11.6 Å². The molecule has 224 valence electrons. The zero-order valence-electron chi connectivity index (χ0n) is 26.0. The maximum atomic E-state index is 14.0. The summed E-state index contributed by atoms with van der Waals surface area (Å²) in [5, 5.41) is -0.325. The summed E-state index contributed by atoms with van der Waals surface area (Å²) >= 11 is 0. The zero-order valence-corrected chi connectivity index (χ0v) is 26.8. The number of nitrogen functional groups attached to an aromatic ring is 1. The first-order valence-corrected chi connectivity index (χ1v) is 15.6. The third kappa shape index (κ3) is 6.28. The number of amides is 1. The molecule has 0 spiro atoms. The van der Waals surface area contributed by atoms with Crippen molar-refractivity contribution in [3.05, 3.63) is 53.2 Å². The van der Waals surface area contributed by atoms with Crippen LogP contribution in [0.5, 0.6) is 0 Å². The lowest BCUT2D eigenvalue weighted by molar-refractivity contribution is -0.113. The van der Waals surface area contributed by atoms with E-state index >= 15 is 0 Å². The molecule has 4 heterocycles. The van der Waals surface area contributed by atoms with Gasteiger partial charge in [-0.1, -0.05) is 45.9 Å². The number of nitrogens with one attached hydrogen (secondary N) is 1. The van der Waals surface area contributed by atoms with Crippen LogP contribution in [0, 0.1) is 5.92 Å². The quantitative estimate of drug-likeness (QED) is 0.453. The number of carbonyl (C=O) groups is 1. The number of aromatic nitrogens is 2. The van der Waals surface area contributed by atoms with Crippen LogP contribution in [0.4, 0.5) is 11.6 Å². The highest BCUT2D eigenvalue weighted by Crippen LogP contribution is 2.46. The van der Waals surface area contributed by atoms with Crippen molar-refractivity contribution in [3.63, 3.8) is 0 Å². The summed E-state index contributed by atoms with van der Waals surface area (Å²) in [7, 11) is -4.30. The van der Waals surface area contributed by atoms with Gasteiger partial charge in [-0.2, -0.15) is 8.42 Å². The largest absolute Gasteiger partial charge is 0.384 e. The van der Waals surface area contributed by atoms with Crippen LogP contribution in [0.3, 0.4) is 0 Å². The number of ether oxygens (including phenoxy) is 1. The standard InChI is InChI=1S/C31H45N5O4S/c1-19-17-29(5,6)36(18-19)26-21(27(37)35-41(38,39)24-13-11-12-23(32)33-24)16-20(25(34-26)28(2,3)4)22-14-15-30(7,8)40-31(22,9)10/h11-16,19,22H,17-18H2,1-10H3,(H2,32,33)(H,35,37). The molecular weight excluding hydrogens is 538 g/mol. The average Bonchev–Trinajstić information content (AvgIpc) is 3.07. The van der Waals surface area contributed by atoms with Crippen molar-refractivity contribution >= 4 is 27.6 Å². The Kier molecular flexibility index (Phi) is 7.62. The van der Waals surface area contributed by atoms with Crippen LogP contribution in [0.15, 0.2) is 41.4 Å². The minimum atomic E-state index is -4.30. The molecule has 4 rings (SSSR count). The zero-order chi connectivity index (χ0) is 30.8. The molecule has 3 N–H and O–H groups in total. The molecule has 2 aliphatic rings. The van der Waals surface area contributed by atoms with Gasteiger partial charge in [0.05, 0.1) is 22.5 Å². The van der Waals surface area contributed by atoms with Gasteiger partial charge in [0.25, 0.3) is 15.9 Å². The third-order valence-corrected chi connectivity index (χ3v) is 9.10. The summed E-state index contributed by atoms with van der Waals surface area (Å²) in [6.45, 7) is 21.5. The third-order valence-electron chi connectivity index (χ3n) is 7.86. The lowest BCUT2D eigenvalue weighted by atomic mass is 9.75. The van der Waals surface area contributed by atoms with Gasteiger partial charge in [-0.25, -0.2) is 14.7 Å². The predicted molar refractivity (Wildman–Crippen MR) is 163 cm³/mol. The van der Waals surface area contributed by atoms with E-state index in [4.69, 9.17) is 15.5 Å². The second kappa shape index (κ2) is 10.1. The van der Waals surface area contributed by atoms with Gasteiger partial charge in [0, 0.05) is 23.4 Å². The molecule has 0 radical (unpaired) electrons. The highest BCUT2D eigenvalue weighted by Gasteiger charge is 2.44. The van der Waals surface area contributed by atoms with Crippen LogP contribution in [0.25, 0.3) is 0 Å². The molecule has 1 saturated heterocycles. The summed E-state index contributed by atoms with van der Waals surface area (Å²) in [6.07, 6.45) is 5.06. The maximum Gasteiger partial charge on any atom is 0.281 e. The van der Waals surface area contributed by atoms with E-state index in [2.05, 4.69) is 62.2 Å². The number of hydrogen-bond donors (Lipinski definition) is 2. The second-order valence-electron chi connectivity index (χ2n) is 14.3. The summed E-state index contributed by atoms with van der Waals surface area (Å²) in [6, 6.07) is 6.09. The van der Waals surface area contributed by atoms with E-state index in [9.17, 15) is 13.2 Å². The summed E-state index contributed by atoms with van der Waals surface area (Å²) in [4.78, 5) is 25.3. The van der Waals surface area contributed by atoms with Gasteiger partial charge in [-0.05, 0) is 77.6 Å². The summed E-state index contributed by atoms with van der Waals surface area (Å²) in [5.74, 6) is -0.110. The van der Waals surface area contributed by atoms with Gasteiger partial charge in [0.2, 0.25) is 0 Å². The molecule has 2 aromatic heterocycles. The Bertz CT molecular complexity index is 1490. The molecule has 1 fully saturated rings. The molecule has 1 amide bonds. The Balaban J connectivity index is 1.95. The molecule has 2 aliphatic heterocycles.